The molecule has 1 N–H and O–H groups in total. The molecule has 1 atom stereocenters. The zero-order valence-corrected chi connectivity index (χ0v) is 11.7. The molecule has 0 amide bonds. The fraction of sp³-hybridized carbons (Fsp3) is 0.714. The molecule has 0 bridgehead atoms. The molecule has 0 aromatic carbocycles. The van der Waals surface area contributed by atoms with Gasteiger partial charge in [-0.15, -0.1) is 11.3 Å². The van der Waals surface area contributed by atoms with Gasteiger partial charge < -0.3 is 10.0 Å². The number of likely N-dealkylation sites (N-methyl/N-ethyl adjacent to an activating group) is 1. The van der Waals surface area contributed by atoms with Crippen LogP contribution in [0.5, 0.6) is 0 Å². The van der Waals surface area contributed by atoms with Gasteiger partial charge in [0.15, 0.2) is 0 Å². The molecule has 17 heavy (non-hydrogen) atoms. The number of aliphatic hydroxyl groups is 1. The summed E-state index contributed by atoms with van der Waals surface area (Å²) in [5.74, 6) is 0. The molecule has 2 nitrogen and oxygen atoms in total. The zero-order valence-electron chi connectivity index (χ0n) is 10.9. The van der Waals surface area contributed by atoms with Crippen molar-refractivity contribution in [1.82, 2.24) is 4.90 Å². The van der Waals surface area contributed by atoms with Crippen LogP contribution in [-0.2, 0) is 0 Å². The zero-order chi connectivity index (χ0) is 12.3. The standard InChI is InChI=1S/C14H23NOS/c1-15(2)14(9-5-3-4-6-10-14)13(16)12-8-7-11-17-12/h7-8,11,13,16H,3-6,9-10H2,1-2H3. The highest BCUT2D eigenvalue weighted by atomic mass is 32.1. The SMILES string of the molecule is CN(C)C1(C(O)c2cccs2)CCCCCC1. The Morgan fingerprint density at radius 3 is 2.35 bits per heavy atom. The lowest BCUT2D eigenvalue weighted by Crippen LogP contribution is -2.48. The van der Waals surface area contributed by atoms with Crippen molar-refractivity contribution in [1.29, 1.82) is 0 Å². The van der Waals surface area contributed by atoms with Crippen molar-refractivity contribution in [3.8, 4) is 0 Å². The molecule has 0 spiro atoms. The summed E-state index contributed by atoms with van der Waals surface area (Å²) in [4.78, 5) is 3.36. The van der Waals surface area contributed by atoms with Gasteiger partial charge in [-0.2, -0.15) is 0 Å². The maximum Gasteiger partial charge on any atom is 0.106 e. The van der Waals surface area contributed by atoms with Gasteiger partial charge in [-0.1, -0.05) is 31.7 Å². The number of aliphatic hydroxyl groups excluding tert-OH is 1. The van der Waals surface area contributed by atoms with Gasteiger partial charge in [0.25, 0.3) is 0 Å². The second kappa shape index (κ2) is 5.51. The smallest absolute Gasteiger partial charge is 0.106 e. The third-order valence-electron chi connectivity index (χ3n) is 4.18. The molecule has 1 aliphatic rings. The van der Waals surface area contributed by atoms with E-state index >= 15 is 0 Å². The molecule has 2 rings (SSSR count). The first kappa shape index (κ1) is 13.1. The van der Waals surface area contributed by atoms with Crippen LogP contribution in [0.25, 0.3) is 0 Å². The third-order valence-corrected chi connectivity index (χ3v) is 5.11. The predicted octanol–water partition coefficient (Wildman–Crippen LogP) is 3.44. The van der Waals surface area contributed by atoms with Crippen molar-refractivity contribution in [2.75, 3.05) is 14.1 Å². The summed E-state index contributed by atoms with van der Waals surface area (Å²) in [5, 5.41) is 12.8. The van der Waals surface area contributed by atoms with Gasteiger partial charge >= 0.3 is 0 Å². The Balaban J connectivity index is 2.26. The van der Waals surface area contributed by atoms with E-state index < -0.39 is 0 Å². The molecule has 0 radical (unpaired) electrons. The van der Waals surface area contributed by atoms with Gasteiger partial charge in [0.05, 0.1) is 5.54 Å². The fourth-order valence-electron chi connectivity index (χ4n) is 3.02. The molecule has 1 aliphatic carbocycles. The summed E-state index contributed by atoms with van der Waals surface area (Å²) in [5.41, 5.74) is -0.0542. The highest BCUT2D eigenvalue weighted by Gasteiger charge is 2.41. The van der Waals surface area contributed by atoms with Crippen molar-refractivity contribution < 1.29 is 5.11 Å². The summed E-state index contributed by atoms with van der Waals surface area (Å²) in [6, 6.07) is 4.09. The van der Waals surface area contributed by atoms with E-state index in [2.05, 4.69) is 30.4 Å². The Hall–Kier alpha value is -0.380. The normalized spacial score (nSPS) is 22.4. The van der Waals surface area contributed by atoms with E-state index in [9.17, 15) is 5.11 Å². The van der Waals surface area contributed by atoms with Crippen LogP contribution in [0.2, 0.25) is 0 Å². The predicted molar refractivity (Wildman–Crippen MR) is 73.4 cm³/mol. The van der Waals surface area contributed by atoms with E-state index in [0.29, 0.717) is 0 Å². The Labute approximate surface area is 108 Å². The first-order chi connectivity index (χ1) is 8.17. The first-order valence-corrected chi connectivity index (χ1v) is 7.44. The van der Waals surface area contributed by atoms with Crippen molar-refractivity contribution in [2.24, 2.45) is 0 Å². The third kappa shape index (κ3) is 2.56. The van der Waals surface area contributed by atoms with Crippen LogP contribution in [0.3, 0.4) is 0 Å². The highest BCUT2D eigenvalue weighted by molar-refractivity contribution is 7.10. The average molecular weight is 253 g/mol. The highest BCUT2D eigenvalue weighted by Crippen LogP contribution is 2.42. The second-order valence-corrected chi connectivity index (χ2v) is 6.31. The molecule has 96 valence electrons. The van der Waals surface area contributed by atoms with Gasteiger partial charge in [0, 0.05) is 4.88 Å². The fourth-order valence-corrected chi connectivity index (χ4v) is 3.84. The van der Waals surface area contributed by atoms with Crippen molar-refractivity contribution in [2.45, 2.75) is 50.2 Å². The summed E-state index contributed by atoms with van der Waals surface area (Å²) >= 11 is 1.67. The molecular weight excluding hydrogens is 230 g/mol. The van der Waals surface area contributed by atoms with Crippen LogP contribution in [-0.4, -0.2) is 29.6 Å². The van der Waals surface area contributed by atoms with Gasteiger partial charge in [-0.25, -0.2) is 0 Å². The molecule has 1 heterocycles. The Morgan fingerprint density at radius 1 is 1.24 bits per heavy atom. The minimum absolute atomic E-state index is 0.0542. The Bertz CT molecular complexity index is 326. The van der Waals surface area contributed by atoms with Gasteiger partial charge in [0.1, 0.15) is 6.10 Å². The monoisotopic (exact) mass is 253 g/mol. The van der Waals surface area contributed by atoms with Crippen LogP contribution >= 0.6 is 11.3 Å². The first-order valence-electron chi connectivity index (χ1n) is 6.56. The van der Waals surface area contributed by atoms with E-state index in [-0.39, 0.29) is 11.6 Å². The van der Waals surface area contributed by atoms with Gasteiger partial charge in [-0.3, -0.25) is 0 Å². The quantitative estimate of drug-likeness (QED) is 0.834. The molecule has 0 saturated heterocycles. The molecule has 3 heteroatoms. The molecule has 1 fully saturated rings. The largest absolute Gasteiger partial charge is 0.386 e. The minimum atomic E-state index is -0.337. The number of thiophene rings is 1. The van der Waals surface area contributed by atoms with Crippen molar-refractivity contribution in [3.63, 3.8) is 0 Å². The number of hydrogen-bond acceptors (Lipinski definition) is 3. The summed E-state index contributed by atoms with van der Waals surface area (Å²) in [6.45, 7) is 0. The van der Waals surface area contributed by atoms with Crippen LogP contribution in [0.1, 0.15) is 49.5 Å². The topological polar surface area (TPSA) is 23.5 Å². The van der Waals surface area contributed by atoms with Crippen LogP contribution in [0, 0.1) is 0 Å². The van der Waals surface area contributed by atoms with Gasteiger partial charge in [0.2, 0.25) is 0 Å². The number of rotatable bonds is 3. The maximum atomic E-state index is 10.7. The van der Waals surface area contributed by atoms with E-state index in [1.165, 1.54) is 25.7 Å². The lowest BCUT2D eigenvalue weighted by molar-refractivity contribution is -0.0178. The van der Waals surface area contributed by atoms with Crippen LogP contribution in [0.4, 0.5) is 0 Å². The van der Waals surface area contributed by atoms with E-state index in [0.717, 1.165) is 17.7 Å². The molecule has 1 saturated carbocycles. The van der Waals surface area contributed by atoms with Gasteiger partial charge in [-0.05, 0) is 38.4 Å². The van der Waals surface area contributed by atoms with E-state index in [1.807, 2.05) is 6.07 Å². The number of nitrogens with zero attached hydrogens (tertiary/aromatic N) is 1. The number of hydrogen-bond donors (Lipinski definition) is 1. The minimum Gasteiger partial charge on any atom is -0.386 e. The molecule has 1 unspecified atom stereocenters. The second-order valence-electron chi connectivity index (χ2n) is 5.33. The summed E-state index contributed by atoms with van der Waals surface area (Å²) < 4.78 is 0. The van der Waals surface area contributed by atoms with Crippen molar-refractivity contribution in [3.05, 3.63) is 22.4 Å². The van der Waals surface area contributed by atoms with E-state index in [1.54, 1.807) is 11.3 Å². The Kier molecular flexibility index (Phi) is 4.23. The van der Waals surface area contributed by atoms with Crippen LogP contribution < -0.4 is 0 Å². The Morgan fingerprint density at radius 2 is 1.88 bits per heavy atom. The van der Waals surface area contributed by atoms with E-state index in [4.69, 9.17) is 0 Å². The average Bonchev–Trinajstić information content (AvgIpc) is 2.72. The molecule has 1 aromatic heterocycles. The lowest BCUT2D eigenvalue weighted by atomic mass is 9.82. The summed E-state index contributed by atoms with van der Waals surface area (Å²) in [6.07, 6.45) is 6.98. The summed E-state index contributed by atoms with van der Waals surface area (Å²) in [7, 11) is 4.23. The van der Waals surface area contributed by atoms with Crippen molar-refractivity contribution >= 4 is 11.3 Å². The molecular formula is C14H23NOS. The lowest BCUT2D eigenvalue weighted by Gasteiger charge is -2.43. The molecule has 1 aromatic rings. The maximum absolute atomic E-state index is 10.7. The van der Waals surface area contributed by atoms with Crippen LogP contribution in [0.15, 0.2) is 17.5 Å². The molecule has 0 aliphatic heterocycles.